The van der Waals surface area contributed by atoms with Crippen LogP contribution in [0.4, 0.5) is 30.2 Å². The van der Waals surface area contributed by atoms with Crippen LogP contribution in [0.2, 0.25) is 0 Å². The normalized spacial score (nSPS) is 18.8. The zero-order valence-corrected chi connectivity index (χ0v) is 17.4. The molecule has 1 aromatic heterocycles. The Morgan fingerprint density at radius 1 is 1.24 bits per heavy atom. The minimum absolute atomic E-state index is 0.192. The number of hydrogen-bond acceptors (Lipinski definition) is 6. The Kier molecular flexibility index (Phi) is 5.11. The van der Waals surface area contributed by atoms with Crippen LogP contribution in [0.1, 0.15) is 6.42 Å². The average Bonchev–Trinajstić information content (AvgIpc) is 3.33. The van der Waals surface area contributed by atoms with Crippen LogP contribution in [-0.2, 0) is 10.0 Å². The lowest BCUT2D eigenvalue weighted by Crippen LogP contribution is -2.21. The highest BCUT2D eigenvalue weighted by Gasteiger charge is 2.47. The largest absolute Gasteiger partial charge is 0.441 e. The molecule has 2 atom stereocenters. The maximum absolute atomic E-state index is 14.8. The van der Waals surface area contributed by atoms with Gasteiger partial charge in [-0.2, -0.15) is 0 Å². The van der Waals surface area contributed by atoms with Crippen LogP contribution in [0, 0.1) is 26.9 Å². The van der Waals surface area contributed by atoms with E-state index in [1.165, 1.54) is 18.2 Å². The van der Waals surface area contributed by atoms with E-state index in [9.17, 15) is 21.6 Å². The summed E-state index contributed by atoms with van der Waals surface area (Å²) in [6.45, 7) is -0.319. The molecule has 0 spiro atoms. The molecule has 29 heavy (non-hydrogen) atoms. The first kappa shape index (κ1) is 20.2. The van der Waals surface area contributed by atoms with Crippen molar-refractivity contribution in [2.45, 2.75) is 11.7 Å². The number of hydrogen-bond donors (Lipinski definition) is 3. The molecule has 0 radical (unpaired) electrons. The molecule has 1 aliphatic carbocycles. The molecule has 0 aliphatic heterocycles. The Bertz CT molecular complexity index is 1220. The molecule has 1 aliphatic rings. The monoisotopic (exact) mass is 539 g/mol. The number of oxazole rings is 1. The smallest absolute Gasteiger partial charge is 0.236 e. The van der Waals surface area contributed by atoms with Gasteiger partial charge in [0.25, 0.3) is 0 Å². The molecule has 3 aromatic rings. The summed E-state index contributed by atoms with van der Waals surface area (Å²) in [6.07, 6.45) is 1.07. The first-order chi connectivity index (χ1) is 13.7. The minimum Gasteiger partial charge on any atom is -0.441 e. The van der Waals surface area contributed by atoms with Crippen molar-refractivity contribution in [3.05, 3.63) is 45.6 Å². The van der Waals surface area contributed by atoms with Gasteiger partial charge in [-0.3, -0.25) is 4.72 Å². The molecule has 1 heterocycles. The van der Waals surface area contributed by atoms with E-state index in [4.69, 9.17) is 9.52 Å². The number of sulfonamides is 1. The molecule has 12 heteroatoms. The second kappa shape index (κ2) is 7.32. The van der Waals surface area contributed by atoms with Gasteiger partial charge in [-0.1, -0.05) is 0 Å². The highest BCUT2D eigenvalue weighted by molar-refractivity contribution is 14.1. The summed E-state index contributed by atoms with van der Waals surface area (Å²) in [7, 11) is -4.05. The molecule has 0 saturated heterocycles. The van der Waals surface area contributed by atoms with E-state index >= 15 is 0 Å². The van der Waals surface area contributed by atoms with Crippen molar-refractivity contribution < 1.29 is 31.1 Å². The standard InChI is InChI=1S/C17H13F3IN3O4S/c18-9-4-8(21)1-2-10(9)23-14-12(19)13(20)15-17(28-6-22-15)16(14)24-29(26,27)11-3-7(11)5-25/h1-2,4,6-7,11,23-25H,3,5H2. The summed E-state index contributed by atoms with van der Waals surface area (Å²) in [5, 5.41) is 10.7. The fraction of sp³-hybridized carbons (Fsp3) is 0.235. The fourth-order valence-electron chi connectivity index (χ4n) is 2.97. The summed E-state index contributed by atoms with van der Waals surface area (Å²) in [5.74, 6) is -4.01. The molecule has 1 fully saturated rings. The van der Waals surface area contributed by atoms with Crippen molar-refractivity contribution in [3.63, 3.8) is 0 Å². The van der Waals surface area contributed by atoms with E-state index in [0.717, 1.165) is 6.39 Å². The first-order valence-corrected chi connectivity index (χ1v) is 10.9. The second-order valence-corrected chi connectivity index (χ2v) is 9.67. The van der Waals surface area contributed by atoms with Crippen LogP contribution in [0.25, 0.3) is 11.1 Å². The molecule has 154 valence electrons. The van der Waals surface area contributed by atoms with E-state index in [1.54, 1.807) is 0 Å². The van der Waals surface area contributed by atoms with Gasteiger partial charge in [0, 0.05) is 16.1 Å². The first-order valence-electron chi connectivity index (χ1n) is 8.31. The van der Waals surface area contributed by atoms with Gasteiger partial charge in [-0.05, 0) is 47.2 Å². The van der Waals surface area contributed by atoms with Gasteiger partial charge in [0.2, 0.25) is 10.0 Å². The fourth-order valence-corrected chi connectivity index (χ4v) is 5.14. The summed E-state index contributed by atoms with van der Waals surface area (Å²) in [5.41, 5.74) is -2.12. The molecule has 0 bridgehead atoms. The maximum atomic E-state index is 14.8. The van der Waals surface area contributed by atoms with Crippen LogP contribution in [0.3, 0.4) is 0 Å². The lowest BCUT2D eigenvalue weighted by molar-refractivity contribution is 0.277. The number of aliphatic hydroxyl groups is 1. The highest BCUT2D eigenvalue weighted by Crippen LogP contribution is 2.42. The third-order valence-electron chi connectivity index (χ3n) is 4.59. The van der Waals surface area contributed by atoms with Crippen molar-refractivity contribution in [3.8, 4) is 0 Å². The van der Waals surface area contributed by atoms with E-state index < -0.39 is 55.5 Å². The molecule has 3 N–H and O–H groups in total. The number of nitrogens with zero attached hydrogens (tertiary/aromatic N) is 1. The molecule has 1 saturated carbocycles. The Labute approximate surface area is 176 Å². The van der Waals surface area contributed by atoms with Crippen molar-refractivity contribution >= 4 is 60.8 Å². The summed E-state index contributed by atoms with van der Waals surface area (Å²) >= 11 is 1.88. The summed E-state index contributed by atoms with van der Waals surface area (Å²) < 4.78 is 76.5. The number of rotatable bonds is 6. The van der Waals surface area contributed by atoms with Gasteiger partial charge < -0.3 is 14.8 Å². The molecule has 2 aromatic carbocycles. The summed E-state index contributed by atoms with van der Waals surface area (Å²) in [4.78, 5) is 3.58. The van der Waals surface area contributed by atoms with Crippen LogP contribution >= 0.6 is 22.6 Å². The lowest BCUT2D eigenvalue weighted by Gasteiger charge is -2.16. The lowest BCUT2D eigenvalue weighted by atomic mass is 10.2. The number of benzene rings is 2. The number of aromatic nitrogens is 1. The van der Waals surface area contributed by atoms with Crippen LogP contribution in [0.5, 0.6) is 0 Å². The Hall–Kier alpha value is -2.06. The SMILES string of the molecule is O=S(=O)(Nc1c(Nc2ccc(I)cc2F)c(F)c(F)c2ncoc12)C1CC1CO. The maximum Gasteiger partial charge on any atom is 0.236 e. The van der Waals surface area contributed by atoms with Crippen molar-refractivity contribution in [1.29, 1.82) is 0 Å². The van der Waals surface area contributed by atoms with Crippen molar-refractivity contribution in [2.75, 3.05) is 16.6 Å². The third kappa shape index (κ3) is 3.64. The molecule has 4 rings (SSSR count). The Balaban J connectivity index is 1.84. The van der Waals surface area contributed by atoms with E-state index in [2.05, 4.69) is 15.0 Å². The number of anilines is 3. The third-order valence-corrected chi connectivity index (χ3v) is 7.12. The quantitative estimate of drug-likeness (QED) is 0.413. The molecule has 0 amide bonds. The molecular formula is C17H13F3IN3O4S. The molecule has 7 nitrogen and oxygen atoms in total. The number of aliphatic hydroxyl groups excluding tert-OH is 1. The average molecular weight is 539 g/mol. The topological polar surface area (TPSA) is 104 Å². The van der Waals surface area contributed by atoms with E-state index in [1.807, 2.05) is 22.6 Å². The minimum atomic E-state index is -4.05. The zero-order chi connectivity index (χ0) is 20.9. The number of nitrogens with one attached hydrogen (secondary N) is 2. The van der Waals surface area contributed by atoms with Gasteiger partial charge in [0.05, 0.1) is 10.9 Å². The van der Waals surface area contributed by atoms with E-state index in [0.29, 0.717) is 3.57 Å². The predicted molar refractivity (Wildman–Crippen MR) is 108 cm³/mol. The van der Waals surface area contributed by atoms with Gasteiger partial charge in [-0.15, -0.1) is 0 Å². The summed E-state index contributed by atoms with van der Waals surface area (Å²) in [6, 6.07) is 4.01. The highest BCUT2D eigenvalue weighted by atomic mass is 127. The second-order valence-electron chi connectivity index (χ2n) is 6.52. The van der Waals surface area contributed by atoms with Gasteiger partial charge in [0.15, 0.2) is 29.1 Å². The molecular weight excluding hydrogens is 526 g/mol. The number of fused-ring (bicyclic) bond motifs is 1. The van der Waals surface area contributed by atoms with Crippen LogP contribution in [-0.4, -0.2) is 30.4 Å². The predicted octanol–water partition coefficient (Wildman–Crippen LogP) is 3.72. The zero-order valence-electron chi connectivity index (χ0n) is 14.4. The van der Waals surface area contributed by atoms with Gasteiger partial charge in [-0.25, -0.2) is 26.6 Å². The van der Waals surface area contributed by atoms with Crippen molar-refractivity contribution in [1.82, 2.24) is 4.98 Å². The van der Waals surface area contributed by atoms with E-state index in [-0.39, 0.29) is 24.3 Å². The Morgan fingerprint density at radius 2 is 2.00 bits per heavy atom. The van der Waals surface area contributed by atoms with Gasteiger partial charge >= 0.3 is 0 Å². The van der Waals surface area contributed by atoms with Gasteiger partial charge in [0.1, 0.15) is 17.2 Å². The van der Waals surface area contributed by atoms with Crippen molar-refractivity contribution in [2.24, 2.45) is 5.92 Å². The molecule has 2 unspecified atom stereocenters. The van der Waals surface area contributed by atoms with Crippen LogP contribution in [0.15, 0.2) is 29.0 Å². The number of halogens is 4. The van der Waals surface area contributed by atoms with Crippen LogP contribution < -0.4 is 10.0 Å². The Morgan fingerprint density at radius 3 is 2.66 bits per heavy atom.